The van der Waals surface area contributed by atoms with Crippen molar-refractivity contribution < 1.29 is 9.53 Å². The van der Waals surface area contributed by atoms with Gasteiger partial charge in [0.25, 0.3) is 0 Å². The lowest BCUT2D eigenvalue weighted by molar-refractivity contribution is -0.116. The molecule has 0 saturated heterocycles. The molecule has 0 saturated carbocycles. The number of aryl methyl sites for hydroxylation is 2. The Morgan fingerprint density at radius 2 is 1.94 bits per heavy atom. The van der Waals surface area contributed by atoms with Gasteiger partial charge in [0, 0.05) is 17.9 Å². The molecule has 0 aliphatic carbocycles. The number of nitrogens with one attached hydrogen (secondary N) is 1. The highest BCUT2D eigenvalue weighted by atomic mass is 16.5. The highest BCUT2D eigenvalue weighted by Crippen LogP contribution is 2.40. The van der Waals surface area contributed by atoms with E-state index in [1.165, 1.54) is 11.9 Å². The molecule has 2 aromatic carbocycles. The van der Waals surface area contributed by atoms with Gasteiger partial charge in [0.2, 0.25) is 5.91 Å². The first kappa shape index (κ1) is 21.0. The van der Waals surface area contributed by atoms with Crippen molar-refractivity contribution in [2.45, 2.75) is 32.8 Å². The number of aromatic nitrogens is 6. The Hall–Kier alpha value is -4.53. The Morgan fingerprint density at radius 3 is 2.83 bits per heavy atom. The van der Waals surface area contributed by atoms with E-state index in [9.17, 15) is 4.79 Å². The Balaban J connectivity index is 1.34. The first-order valence-corrected chi connectivity index (χ1v) is 11.4. The lowest BCUT2D eigenvalue weighted by atomic mass is 9.86. The second kappa shape index (κ2) is 8.35. The van der Waals surface area contributed by atoms with Crippen LogP contribution < -0.4 is 10.1 Å². The van der Waals surface area contributed by atoms with E-state index in [-0.39, 0.29) is 11.8 Å². The van der Waals surface area contributed by atoms with Crippen molar-refractivity contribution in [3.8, 4) is 11.6 Å². The summed E-state index contributed by atoms with van der Waals surface area (Å²) < 4.78 is 9.34. The second-order valence-corrected chi connectivity index (χ2v) is 8.74. The minimum absolute atomic E-state index is 0.0693. The number of ether oxygens (including phenoxy) is 1. The summed E-state index contributed by atoms with van der Waals surface area (Å²) in [6.07, 6.45) is 1.87. The van der Waals surface area contributed by atoms with Gasteiger partial charge in [-0.1, -0.05) is 42.0 Å². The summed E-state index contributed by atoms with van der Waals surface area (Å²) in [7, 11) is 0. The average Bonchev–Trinajstić information content (AvgIpc) is 3.46. The number of amides is 1. The standard InChI is InChI=1S/C26H23N7O2/c1-16-5-3-6-18(11-16)14-35-20-8-4-7-19(12-20)21-13-24(34)28-26-25(21)17(2)30-33(26)23-10-9-22-29-27-15-32(22)31-23/h3-12,15,21H,13-14H2,1-2H3,(H,28,34)/t21-/m1/s1. The molecule has 0 unspecified atom stereocenters. The summed E-state index contributed by atoms with van der Waals surface area (Å²) >= 11 is 0. The summed E-state index contributed by atoms with van der Waals surface area (Å²) in [5.41, 5.74) is 5.77. The van der Waals surface area contributed by atoms with Crippen molar-refractivity contribution in [3.05, 3.63) is 94.9 Å². The lowest BCUT2D eigenvalue weighted by Gasteiger charge is -2.24. The largest absolute Gasteiger partial charge is 0.489 e. The number of hydrogen-bond acceptors (Lipinski definition) is 6. The van der Waals surface area contributed by atoms with E-state index in [0.717, 1.165) is 28.1 Å². The van der Waals surface area contributed by atoms with Gasteiger partial charge >= 0.3 is 0 Å². The molecule has 3 aromatic heterocycles. The molecule has 5 aromatic rings. The molecule has 0 spiro atoms. The molecule has 1 amide bonds. The normalized spacial score (nSPS) is 15.1. The van der Waals surface area contributed by atoms with Crippen molar-refractivity contribution in [1.82, 2.24) is 29.6 Å². The first-order chi connectivity index (χ1) is 17.0. The topological polar surface area (TPSA) is 99.2 Å². The van der Waals surface area contributed by atoms with Crippen LogP contribution in [0.25, 0.3) is 11.5 Å². The number of anilines is 1. The Morgan fingerprint density at radius 1 is 1.06 bits per heavy atom. The minimum Gasteiger partial charge on any atom is -0.489 e. The SMILES string of the molecule is Cc1cccc(COc2cccc([C@H]3CC(=O)Nc4c3c(C)nn4-c3ccc4nncn4n3)c2)c1. The van der Waals surface area contributed by atoms with Crippen LogP contribution in [0.1, 0.15) is 40.3 Å². The number of carbonyl (C=O) groups excluding carboxylic acids is 1. The van der Waals surface area contributed by atoms with Crippen molar-refractivity contribution >= 4 is 17.4 Å². The fourth-order valence-electron chi connectivity index (χ4n) is 4.62. The Bertz CT molecular complexity index is 1570. The molecule has 35 heavy (non-hydrogen) atoms. The van der Waals surface area contributed by atoms with Crippen molar-refractivity contribution in [2.75, 3.05) is 5.32 Å². The van der Waals surface area contributed by atoms with Gasteiger partial charge < -0.3 is 10.1 Å². The maximum absolute atomic E-state index is 12.8. The summed E-state index contributed by atoms with van der Waals surface area (Å²) in [6.45, 7) is 4.50. The number of fused-ring (bicyclic) bond motifs is 2. The zero-order valence-electron chi connectivity index (χ0n) is 19.3. The predicted molar refractivity (Wildman–Crippen MR) is 130 cm³/mol. The van der Waals surface area contributed by atoms with E-state index < -0.39 is 0 Å². The van der Waals surface area contributed by atoms with E-state index in [4.69, 9.17) is 9.84 Å². The van der Waals surface area contributed by atoms with Crippen LogP contribution in [0.3, 0.4) is 0 Å². The Labute approximate surface area is 201 Å². The third-order valence-corrected chi connectivity index (χ3v) is 6.22. The summed E-state index contributed by atoms with van der Waals surface area (Å²) in [4.78, 5) is 12.8. The molecule has 6 rings (SSSR count). The fourth-order valence-corrected chi connectivity index (χ4v) is 4.62. The Kier molecular flexibility index (Phi) is 5.02. The molecule has 4 heterocycles. The molecule has 0 radical (unpaired) electrons. The fraction of sp³-hybridized carbons (Fsp3) is 0.192. The van der Waals surface area contributed by atoms with Gasteiger partial charge in [-0.05, 0) is 49.2 Å². The third kappa shape index (κ3) is 3.90. The van der Waals surface area contributed by atoms with E-state index in [0.29, 0.717) is 30.3 Å². The average molecular weight is 466 g/mol. The molecule has 174 valence electrons. The second-order valence-electron chi connectivity index (χ2n) is 8.74. The molecule has 1 atom stereocenters. The molecular weight excluding hydrogens is 442 g/mol. The molecule has 0 fully saturated rings. The highest BCUT2D eigenvalue weighted by molar-refractivity contribution is 5.95. The predicted octanol–water partition coefficient (Wildman–Crippen LogP) is 3.98. The highest BCUT2D eigenvalue weighted by Gasteiger charge is 2.33. The zero-order chi connectivity index (χ0) is 23.9. The first-order valence-electron chi connectivity index (χ1n) is 11.4. The summed E-state index contributed by atoms with van der Waals surface area (Å²) in [5.74, 6) is 1.75. The number of rotatable bonds is 5. The van der Waals surface area contributed by atoms with Gasteiger partial charge in [-0.2, -0.15) is 14.3 Å². The molecule has 9 nitrogen and oxygen atoms in total. The molecule has 1 N–H and O–H groups in total. The van der Waals surface area contributed by atoms with Crippen LogP contribution >= 0.6 is 0 Å². The van der Waals surface area contributed by atoms with Gasteiger partial charge in [-0.25, -0.2) is 0 Å². The summed E-state index contributed by atoms with van der Waals surface area (Å²) in [5, 5.41) is 20.1. The number of carbonyl (C=O) groups is 1. The summed E-state index contributed by atoms with van der Waals surface area (Å²) in [6, 6.07) is 19.9. The maximum Gasteiger partial charge on any atom is 0.226 e. The van der Waals surface area contributed by atoms with Crippen LogP contribution in [-0.4, -0.2) is 35.5 Å². The maximum atomic E-state index is 12.8. The van der Waals surface area contributed by atoms with E-state index >= 15 is 0 Å². The minimum atomic E-state index is -0.145. The van der Waals surface area contributed by atoms with Crippen LogP contribution in [0.4, 0.5) is 5.82 Å². The van der Waals surface area contributed by atoms with Gasteiger partial charge in [0.15, 0.2) is 11.5 Å². The monoisotopic (exact) mass is 465 g/mol. The number of nitrogens with zero attached hydrogens (tertiary/aromatic N) is 6. The van der Waals surface area contributed by atoms with Gasteiger partial charge in [0.05, 0.1) is 5.69 Å². The van der Waals surface area contributed by atoms with Gasteiger partial charge in [-0.15, -0.1) is 15.3 Å². The van der Waals surface area contributed by atoms with Crippen LogP contribution in [-0.2, 0) is 11.4 Å². The number of benzene rings is 2. The van der Waals surface area contributed by atoms with Crippen molar-refractivity contribution in [1.29, 1.82) is 0 Å². The van der Waals surface area contributed by atoms with Crippen molar-refractivity contribution in [2.24, 2.45) is 0 Å². The number of hydrogen-bond donors (Lipinski definition) is 1. The van der Waals surface area contributed by atoms with Crippen molar-refractivity contribution in [3.63, 3.8) is 0 Å². The lowest BCUT2D eigenvalue weighted by Crippen LogP contribution is -2.25. The molecular formula is C26H23N7O2. The van der Waals surface area contributed by atoms with Crippen LogP contribution in [0, 0.1) is 13.8 Å². The molecule has 9 heteroatoms. The third-order valence-electron chi connectivity index (χ3n) is 6.22. The quantitative estimate of drug-likeness (QED) is 0.422. The van der Waals surface area contributed by atoms with E-state index in [1.54, 1.807) is 9.20 Å². The van der Waals surface area contributed by atoms with Crippen LogP contribution in [0.5, 0.6) is 5.75 Å². The molecule has 1 aliphatic heterocycles. The van der Waals surface area contributed by atoms with E-state index in [1.807, 2.05) is 49.4 Å². The van der Waals surface area contributed by atoms with Gasteiger partial charge in [0.1, 0.15) is 24.5 Å². The van der Waals surface area contributed by atoms with Crippen LogP contribution in [0.15, 0.2) is 67.0 Å². The zero-order valence-corrected chi connectivity index (χ0v) is 19.3. The van der Waals surface area contributed by atoms with E-state index in [2.05, 4.69) is 45.7 Å². The molecule has 1 aliphatic rings. The van der Waals surface area contributed by atoms with Crippen LogP contribution in [0.2, 0.25) is 0 Å². The molecule has 0 bridgehead atoms. The smallest absolute Gasteiger partial charge is 0.226 e. The van der Waals surface area contributed by atoms with Gasteiger partial charge in [-0.3, -0.25) is 4.79 Å².